The molecule has 0 aliphatic carbocycles. The molecule has 0 aliphatic heterocycles. The SMILES string of the molecule is [B]c1c(F)cc(CCc2c(F)cc(C)cc2F)cc1F. The van der Waals surface area contributed by atoms with Crippen LogP contribution in [0.15, 0.2) is 24.3 Å². The summed E-state index contributed by atoms with van der Waals surface area (Å²) in [5.41, 5.74) is 0.136. The second-order valence-electron chi connectivity index (χ2n) is 4.68. The van der Waals surface area contributed by atoms with Crippen molar-refractivity contribution in [2.24, 2.45) is 0 Å². The quantitative estimate of drug-likeness (QED) is 0.597. The Morgan fingerprint density at radius 2 is 1.30 bits per heavy atom. The molecule has 0 bridgehead atoms. The van der Waals surface area contributed by atoms with Crippen LogP contribution in [-0.2, 0) is 12.8 Å². The Kier molecular flexibility index (Phi) is 4.16. The van der Waals surface area contributed by atoms with Gasteiger partial charge in [-0.15, -0.1) is 0 Å². The number of rotatable bonds is 3. The van der Waals surface area contributed by atoms with E-state index in [1.807, 2.05) is 0 Å². The summed E-state index contributed by atoms with van der Waals surface area (Å²) in [7, 11) is 5.15. The van der Waals surface area contributed by atoms with Crippen molar-refractivity contribution in [1.82, 2.24) is 0 Å². The molecule has 0 saturated heterocycles. The van der Waals surface area contributed by atoms with Crippen LogP contribution in [0.25, 0.3) is 0 Å². The van der Waals surface area contributed by atoms with Gasteiger partial charge in [0.05, 0.1) is 0 Å². The standard InChI is InChI=1S/C15H11BF4/c1-8-4-11(17)10(12(18)5-8)3-2-9-6-13(19)15(16)14(20)7-9/h4-7H,2-3H2,1H3. The molecular weight excluding hydrogens is 267 g/mol. The van der Waals surface area contributed by atoms with Gasteiger partial charge in [0.2, 0.25) is 0 Å². The molecule has 0 nitrogen and oxygen atoms in total. The summed E-state index contributed by atoms with van der Waals surface area (Å²) in [6.07, 6.45) is 0.131. The van der Waals surface area contributed by atoms with Crippen molar-refractivity contribution in [1.29, 1.82) is 0 Å². The maximum Gasteiger partial charge on any atom is 0.129 e. The highest BCUT2D eigenvalue weighted by Crippen LogP contribution is 2.18. The second-order valence-corrected chi connectivity index (χ2v) is 4.68. The third kappa shape index (κ3) is 3.03. The predicted octanol–water partition coefficient (Wildman–Crippen LogP) is 3.13. The Bertz CT molecular complexity index is 606. The molecule has 0 aromatic heterocycles. The Morgan fingerprint density at radius 3 is 1.80 bits per heavy atom. The first-order chi connectivity index (χ1) is 9.38. The molecule has 0 saturated carbocycles. The minimum absolute atomic E-state index is 0.0146. The van der Waals surface area contributed by atoms with E-state index < -0.39 is 28.7 Å². The van der Waals surface area contributed by atoms with E-state index in [1.165, 1.54) is 12.1 Å². The van der Waals surface area contributed by atoms with Crippen LogP contribution < -0.4 is 5.46 Å². The molecule has 2 aromatic carbocycles. The van der Waals surface area contributed by atoms with Gasteiger partial charge in [-0.25, -0.2) is 17.6 Å². The number of hydrogen-bond acceptors (Lipinski definition) is 0. The summed E-state index contributed by atoms with van der Waals surface area (Å²) in [5, 5.41) is 0. The Balaban J connectivity index is 2.21. The summed E-state index contributed by atoms with van der Waals surface area (Å²) in [5.74, 6) is -3.05. The highest BCUT2D eigenvalue weighted by molar-refractivity contribution is 6.32. The van der Waals surface area contributed by atoms with Crippen LogP contribution in [0.5, 0.6) is 0 Å². The molecule has 0 amide bonds. The number of halogens is 4. The van der Waals surface area contributed by atoms with Gasteiger partial charge in [0.1, 0.15) is 31.1 Å². The monoisotopic (exact) mass is 278 g/mol. The normalized spacial score (nSPS) is 10.8. The topological polar surface area (TPSA) is 0 Å². The maximum absolute atomic E-state index is 13.6. The lowest BCUT2D eigenvalue weighted by molar-refractivity contribution is 0.552. The molecular formula is C15H11BF4. The van der Waals surface area contributed by atoms with E-state index in [0.29, 0.717) is 11.1 Å². The Morgan fingerprint density at radius 1 is 0.800 bits per heavy atom. The molecule has 2 radical (unpaired) electrons. The average Bonchev–Trinajstić information content (AvgIpc) is 2.34. The van der Waals surface area contributed by atoms with E-state index in [2.05, 4.69) is 0 Å². The van der Waals surface area contributed by atoms with Crippen molar-refractivity contribution in [2.45, 2.75) is 19.8 Å². The van der Waals surface area contributed by atoms with E-state index in [0.717, 1.165) is 12.1 Å². The van der Waals surface area contributed by atoms with E-state index in [-0.39, 0.29) is 18.4 Å². The smallest absolute Gasteiger partial charge is 0.129 e. The molecule has 5 heteroatoms. The number of benzene rings is 2. The maximum atomic E-state index is 13.6. The van der Waals surface area contributed by atoms with E-state index in [1.54, 1.807) is 6.92 Å². The largest absolute Gasteiger partial charge is 0.208 e. The molecule has 2 aromatic rings. The fourth-order valence-electron chi connectivity index (χ4n) is 2.02. The van der Waals surface area contributed by atoms with E-state index >= 15 is 0 Å². The summed E-state index contributed by atoms with van der Waals surface area (Å²) in [6, 6.07) is 4.59. The summed E-state index contributed by atoms with van der Waals surface area (Å²) < 4.78 is 53.8. The zero-order chi connectivity index (χ0) is 14.9. The van der Waals surface area contributed by atoms with Crippen LogP contribution in [0.2, 0.25) is 0 Å². The molecule has 2 rings (SSSR count). The minimum Gasteiger partial charge on any atom is -0.208 e. The highest BCUT2D eigenvalue weighted by Gasteiger charge is 2.12. The molecule has 0 spiro atoms. The Labute approximate surface area is 115 Å². The minimum atomic E-state index is -0.871. The van der Waals surface area contributed by atoms with Gasteiger partial charge in [-0.05, 0) is 60.6 Å². The molecule has 0 fully saturated rings. The third-order valence-electron chi connectivity index (χ3n) is 3.09. The van der Waals surface area contributed by atoms with Crippen molar-refractivity contribution < 1.29 is 17.6 Å². The van der Waals surface area contributed by atoms with Crippen LogP contribution in [0.4, 0.5) is 17.6 Å². The fourth-order valence-corrected chi connectivity index (χ4v) is 2.02. The molecule has 0 atom stereocenters. The van der Waals surface area contributed by atoms with Crippen LogP contribution >= 0.6 is 0 Å². The molecule has 0 aliphatic rings. The van der Waals surface area contributed by atoms with Gasteiger partial charge >= 0.3 is 0 Å². The van der Waals surface area contributed by atoms with Gasteiger partial charge in [0.25, 0.3) is 0 Å². The number of hydrogen-bond donors (Lipinski definition) is 0. The van der Waals surface area contributed by atoms with Gasteiger partial charge < -0.3 is 0 Å². The van der Waals surface area contributed by atoms with Crippen molar-refractivity contribution in [3.8, 4) is 0 Å². The summed E-state index contributed by atoms with van der Waals surface area (Å²) >= 11 is 0. The summed E-state index contributed by atoms with van der Waals surface area (Å²) in [4.78, 5) is 0. The lowest BCUT2D eigenvalue weighted by Crippen LogP contribution is -2.14. The molecule has 0 N–H and O–H groups in total. The summed E-state index contributed by atoms with van der Waals surface area (Å²) in [6.45, 7) is 1.58. The fraction of sp³-hybridized carbons (Fsp3) is 0.200. The first-order valence-electron chi connectivity index (χ1n) is 6.06. The molecule has 0 heterocycles. The van der Waals surface area contributed by atoms with E-state index in [4.69, 9.17) is 7.85 Å². The van der Waals surface area contributed by atoms with Crippen molar-refractivity contribution in [3.05, 3.63) is 64.2 Å². The lowest BCUT2D eigenvalue weighted by Gasteiger charge is -2.08. The first-order valence-corrected chi connectivity index (χ1v) is 6.06. The van der Waals surface area contributed by atoms with Crippen molar-refractivity contribution in [2.75, 3.05) is 0 Å². The van der Waals surface area contributed by atoms with Crippen LogP contribution in [0.1, 0.15) is 16.7 Å². The van der Waals surface area contributed by atoms with Gasteiger partial charge in [-0.3, -0.25) is 0 Å². The molecule has 0 unspecified atom stereocenters. The zero-order valence-electron chi connectivity index (χ0n) is 10.8. The van der Waals surface area contributed by atoms with Crippen LogP contribution in [-0.4, -0.2) is 7.85 Å². The average molecular weight is 278 g/mol. The van der Waals surface area contributed by atoms with Crippen LogP contribution in [0, 0.1) is 30.2 Å². The van der Waals surface area contributed by atoms with Crippen LogP contribution in [0.3, 0.4) is 0 Å². The first kappa shape index (κ1) is 14.6. The molecule has 20 heavy (non-hydrogen) atoms. The van der Waals surface area contributed by atoms with Gasteiger partial charge in [-0.2, -0.15) is 0 Å². The van der Waals surface area contributed by atoms with Crippen molar-refractivity contribution >= 4 is 13.3 Å². The third-order valence-corrected chi connectivity index (χ3v) is 3.09. The highest BCUT2D eigenvalue weighted by atomic mass is 19.1. The van der Waals surface area contributed by atoms with Gasteiger partial charge in [0, 0.05) is 5.56 Å². The van der Waals surface area contributed by atoms with Gasteiger partial charge in [-0.1, -0.05) is 0 Å². The molecule has 102 valence electrons. The lowest BCUT2D eigenvalue weighted by atomic mass is 9.92. The predicted molar refractivity (Wildman–Crippen MR) is 70.2 cm³/mol. The zero-order valence-corrected chi connectivity index (χ0v) is 10.8. The van der Waals surface area contributed by atoms with E-state index in [9.17, 15) is 17.6 Å². The Hall–Kier alpha value is -1.78. The van der Waals surface area contributed by atoms with Crippen molar-refractivity contribution in [3.63, 3.8) is 0 Å². The second kappa shape index (κ2) is 5.69. The number of aryl methyl sites for hydroxylation is 2. The van der Waals surface area contributed by atoms with Gasteiger partial charge in [0.15, 0.2) is 0 Å².